The Morgan fingerprint density at radius 3 is 2.45 bits per heavy atom. The van der Waals surface area contributed by atoms with Gasteiger partial charge in [0.2, 0.25) is 0 Å². The lowest BCUT2D eigenvalue weighted by Gasteiger charge is -2.34. The Balaban J connectivity index is 0.00000300. The average Bonchev–Trinajstić information content (AvgIpc) is 3.28. The predicted octanol–water partition coefficient (Wildman–Crippen LogP) is 2.92. The lowest BCUT2D eigenvalue weighted by molar-refractivity contribution is 0.136. The van der Waals surface area contributed by atoms with E-state index in [0.29, 0.717) is 6.04 Å². The second-order valence-corrected chi connectivity index (χ2v) is 8.77. The molecule has 29 heavy (non-hydrogen) atoms. The van der Waals surface area contributed by atoms with E-state index in [2.05, 4.69) is 54.8 Å². The molecule has 0 aromatic carbocycles. The van der Waals surface area contributed by atoms with Crippen LogP contribution in [0.15, 0.2) is 22.5 Å². The van der Waals surface area contributed by atoms with Gasteiger partial charge >= 0.3 is 0 Å². The first-order valence-electron chi connectivity index (χ1n) is 11.0. The van der Waals surface area contributed by atoms with Crippen molar-refractivity contribution in [3.63, 3.8) is 0 Å². The van der Waals surface area contributed by atoms with Gasteiger partial charge < -0.3 is 25.3 Å². The number of anilines is 1. The van der Waals surface area contributed by atoms with E-state index in [0.717, 1.165) is 25.6 Å². The van der Waals surface area contributed by atoms with Crippen molar-refractivity contribution in [3.8, 4) is 0 Å². The van der Waals surface area contributed by atoms with E-state index in [4.69, 9.17) is 0 Å². The third kappa shape index (κ3) is 8.22. The number of aliphatic imine (C=N–C) groups is 1. The van der Waals surface area contributed by atoms with Gasteiger partial charge in [-0.3, -0.25) is 4.99 Å². The first-order valence-corrected chi connectivity index (χ1v) is 11.9. The number of halogens is 1. The standard InChI is InChI=1S/C21H38N6S.HI/c1-3-25-14-16-26(17-15-25)11-5-4-10-23-21(22-2)24-19-8-12-27(13-9-19)20-7-6-18-28-20;/h6-7,18-19H,3-5,8-17H2,1-2H3,(H2,22,23,24);1H. The normalized spacial score (nSPS) is 19.8. The van der Waals surface area contributed by atoms with E-state index in [1.807, 2.05) is 18.4 Å². The van der Waals surface area contributed by atoms with Gasteiger partial charge in [-0.25, -0.2) is 0 Å². The minimum Gasteiger partial charge on any atom is -0.363 e. The highest BCUT2D eigenvalue weighted by Gasteiger charge is 2.20. The van der Waals surface area contributed by atoms with E-state index in [1.165, 1.54) is 70.0 Å². The van der Waals surface area contributed by atoms with Crippen molar-refractivity contribution in [2.24, 2.45) is 4.99 Å². The van der Waals surface area contributed by atoms with Crippen LogP contribution in [0, 0.1) is 0 Å². The van der Waals surface area contributed by atoms with Crippen LogP contribution in [0.5, 0.6) is 0 Å². The fraction of sp³-hybridized carbons (Fsp3) is 0.762. The Labute approximate surface area is 198 Å². The number of unbranched alkanes of at least 4 members (excludes halogenated alkanes) is 1. The summed E-state index contributed by atoms with van der Waals surface area (Å²) in [5.41, 5.74) is 0. The zero-order valence-electron chi connectivity index (χ0n) is 18.1. The molecule has 2 fully saturated rings. The molecular weight excluding hydrogens is 495 g/mol. The second kappa shape index (κ2) is 13.7. The first-order chi connectivity index (χ1) is 13.8. The number of hydrogen-bond acceptors (Lipinski definition) is 5. The van der Waals surface area contributed by atoms with Gasteiger partial charge in [0.15, 0.2) is 5.96 Å². The summed E-state index contributed by atoms with van der Waals surface area (Å²) >= 11 is 1.84. The molecule has 0 aliphatic carbocycles. The number of nitrogens with one attached hydrogen (secondary N) is 2. The molecule has 0 amide bonds. The Hall–Kier alpha value is -0.580. The van der Waals surface area contributed by atoms with Gasteiger partial charge in [-0.15, -0.1) is 35.3 Å². The molecule has 2 N–H and O–H groups in total. The summed E-state index contributed by atoms with van der Waals surface area (Å²) in [6, 6.07) is 4.89. The SMILES string of the molecule is CCN1CCN(CCCCNC(=NC)NC2CCN(c3cccs3)CC2)CC1.I. The van der Waals surface area contributed by atoms with Crippen molar-refractivity contribution in [3.05, 3.63) is 17.5 Å². The lowest BCUT2D eigenvalue weighted by Crippen LogP contribution is -2.49. The van der Waals surface area contributed by atoms with Gasteiger partial charge in [-0.1, -0.05) is 6.92 Å². The van der Waals surface area contributed by atoms with Crippen molar-refractivity contribution in [2.75, 3.05) is 70.9 Å². The molecule has 2 aliphatic heterocycles. The molecule has 1 aromatic heterocycles. The first kappa shape index (κ1) is 24.7. The molecule has 0 radical (unpaired) electrons. The molecule has 3 heterocycles. The number of piperidine rings is 1. The topological polar surface area (TPSA) is 46.1 Å². The van der Waals surface area contributed by atoms with E-state index in [-0.39, 0.29) is 24.0 Å². The van der Waals surface area contributed by atoms with Crippen LogP contribution in [-0.4, -0.2) is 87.8 Å². The molecule has 8 heteroatoms. The summed E-state index contributed by atoms with van der Waals surface area (Å²) in [5.74, 6) is 0.964. The van der Waals surface area contributed by atoms with Gasteiger partial charge in [0.25, 0.3) is 0 Å². The van der Waals surface area contributed by atoms with Crippen LogP contribution >= 0.6 is 35.3 Å². The Morgan fingerprint density at radius 2 is 1.83 bits per heavy atom. The summed E-state index contributed by atoms with van der Waals surface area (Å²) in [5, 5.41) is 10.7. The van der Waals surface area contributed by atoms with Gasteiger partial charge in [0, 0.05) is 58.9 Å². The Kier molecular flexibility index (Phi) is 11.6. The smallest absolute Gasteiger partial charge is 0.191 e. The van der Waals surface area contributed by atoms with E-state index >= 15 is 0 Å². The number of likely N-dealkylation sites (N-methyl/N-ethyl adjacent to an activating group) is 1. The number of nitrogens with zero attached hydrogens (tertiary/aromatic N) is 4. The summed E-state index contributed by atoms with van der Waals surface area (Å²) in [7, 11) is 1.88. The zero-order valence-corrected chi connectivity index (χ0v) is 21.3. The highest BCUT2D eigenvalue weighted by molar-refractivity contribution is 14.0. The molecular formula is C21H39IN6S. The van der Waals surface area contributed by atoms with Crippen LogP contribution in [0.3, 0.4) is 0 Å². The molecule has 2 saturated heterocycles. The van der Waals surface area contributed by atoms with Crippen molar-refractivity contribution in [1.29, 1.82) is 0 Å². The van der Waals surface area contributed by atoms with Crippen molar-refractivity contribution in [1.82, 2.24) is 20.4 Å². The molecule has 0 saturated carbocycles. The summed E-state index contributed by atoms with van der Waals surface area (Å²) < 4.78 is 0. The highest BCUT2D eigenvalue weighted by Crippen LogP contribution is 2.24. The molecule has 6 nitrogen and oxygen atoms in total. The molecule has 0 bridgehead atoms. The fourth-order valence-electron chi connectivity index (χ4n) is 4.08. The highest BCUT2D eigenvalue weighted by atomic mass is 127. The maximum absolute atomic E-state index is 4.42. The number of piperazine rings is 1. The fourth-order valence-corrected chi connectivity index (χ4v) is 4.86. The van der Waals surface area contributed by atoms with Gasteiger partial charge in [-0.2, -0.15) is 0 Å². The monoisotopic (exact) mass is 534 g/mol. The molecule has 0 atom stereocenters. The largest absolute Gasteiger partial charge is 0.363 e. The Bertz CT molecular complexity index is 566. The summed E-state index contributed by atoms with van der Waals surface area (Å²) in [6.45, 7) is 12.9. The molecule has 0 spiro atoms. The van der Waals surface area contributed by atoms with Crippen LogP contribution in [-0.2, 0) is 0 Å². The van der Waals surface area contributed by atoms with E-state index in [9.17, 15) is 0 Å². The maximum Gasteiger partial charge on any atom is 0.191 e. The van der Waals surface area contributed by atoms with Crippen LogP contribution in [0.4, 0.5) is 5.00 Å². The van der Waals surface area contributed by atoms with E-state index in [1.54, 1.807) is 0 Å². The summed E-state index contributed by atoms with van der Waals surface area (Å²) in [6.07, 6.45) is 4.80. The van der Waals surface area contributed by atoms with Gasteiger partial charge in [-0.05, 0) is 56.3 Å². The molecule has 2 aliphatic rings. The second-order valence-electron chi connectivity index (χ2n) is 7.84. The Morgan fingerprint density at radius 1 is 1.10 bits per heavy atom. The van der Waals surface area contributed by atoms with Crippen molar-refractivity contribution < 1.29 is 0 Å². The quantitative estimate of drug-likeness (QED) is 0.233. The van der Waals surface area contributed by atoms with Crippen LogP contribution < -0.4 is 15.5 Å². The maximum atomic E-state index is 4.42. The molecule has 166 valence electrons. The lowest BCUT2D eigenvalue weighted by atomic mass is 10.1. The minimum atomic E-state index is 0. The van der Waals surface area contributed by atoms with Gasteiger partial charge in [0.05, 0.1) is 5.00 Å². The molecule has 3 rings (SSSR count). The molecule has 1 aromatic rings. The predicted molar refractivity (Wildman–Crippen MR) is 137 cm³/mol. The number of hydrogen-bond donors (Lipinski definition) is 2. The van der Waals surface area contributed by atoms with Crippen LogP contribution in [0.25, 0.3) is 0 Å². The van der Waals surface area contributed by atoms with Crippen LogP contribution in [0.1, 0.15) is 32.6 Å². The third-order valence-corrected chi connectivity index (χ3v) is 6.91. The summed E-state index contributed by atoms with van der Waals surface area (Å²) in [4.78, 5) is 12.1. The average molecular weight is 535 g/mol. The van der Waals surface area contributed by atoms with Crippen LogP contribution in [0.2, 0.25) is 0 Å². The number of thiophene rings is 1. The minimum absolute atomic E-state index is 0. The van der Waals surface area contributed by atoms with Gasteiger partial charge in [0.1, 0.15) is 0 Å². The number of guanidine groups is 1. The van der Waals surface area contributed by atoms with Crippen molar-refractivity contribution in [2.45, 2.75) is 38.6 Å². The van der Waals surface area contributed by atoms with E-state index < -0.39 is 0 Å². The zero-order chi connectivity index (χ0) is 19.6. The molecule has 0 unspecified atom stereocenters. The van der Waals surface area contributed by atoms with Crippen molar-refractivity contribution >= 4 is 46.3 Å². The third-order valence-electron chi connectivity index (χ3n) is 5.98. The number of rotatable bonds is 8.